The van der Waals surface area contributed by atoms with Crippen LogP contribution in [-0.4, -0.2) is 19.1 Å². The van der Waals surface area contributed by atoms with Crippen LogP contribution in [-0.2, 0) is 4.79 Å². The number of halogens is 1. The Balaban J connectivity index is 1.83. The van der Waals surface area contributed by atoms with Gasteiger partial charge in [-0.3, -0.25) is 4.79 Å². The lowest BCUT2D eigenvalue weighted by Crippen LogP contribution is -2.21. The summed E-state index contributed by atoms with van der Waals surface area (Å²) in [6.45, 7) is 7.12. The van der Waals surface area contributed by atoms with Crippen LogP contribution in [0.5, 0.6) is 5.75 Å². The quantitative estimate of drug-likeness (QED) is 0.686. The van der Waals surface area contributed by atoms with Crippen molar-refractivity contribution < 1.29 is 9.53 Å². The predicted octanol–water partition coefficient (Wildman–Crippen LogP) is 5.12. The van der Waals surface area contributed by atoms with E-state index in [0.717, 1.165) is 23.4 Å². The summed E-state index contributed by atoms with van der Waals surface area (Å²) < 4.78 is 5.73. The second-order valence-corrected chi connectivity index (χ2v) is 6.83. The summed E-state index contributed by atoms with van der Waals surface area (Å²) in [5.74, 6) is 1.28. The van der Waals surface area contributed by atoms with Crippen LogP contribution in [0.2, 0.25) is 5.02 Å². The molecule has 0 aliphatic rings. The van der Waals surface area contributed by atoms with Crippen molar-refractivity contribution in [2.75, 3.05) is 23.8 Å². The summed E-state index contributed by atoms with van der Waals surface area (Å²) >= 11 is 6.07. The molecule has 1 amide bonds. The number of nitrogens with one attached hydrogen (secondary N) is 2. The fourth-order valence-electron chi connectivity index (χ4n) is 2.17. The lowest BCUT2D eigenvalue weighted by Gasteiger charge is -2.11. The second kappa shape index (κ2) is 9.33. The van der Waals surface area contributed by atoms with E-state index in [1.54, 1.807) is 6.07 Å². The average molecular weight is 361 g/mol. The highest BCUT2D eigenvalue weighted by Crippen LogP contribution is 2.20. The molecular formula is C20H25ClN2O2. The van der Waals surface area contributed by atoms with Crippen LogP contribution < -0.4 is 15.4 Å². The Hall–Kier alpha value is -2.20. The molecule has 4 nitrogen and oxygen atoms in total. The van der Waals surface area contributed by atoms with Gasteiger partial charge in [0.2, 0.25) is 5.91 Å². The van der Waals surface area contributed by atoms with Gasteiger partial charge in [0.05, 0.1) is 13.2 Å². The Labute approximate surface area is 154 Å². The fraction of sp³-hybridized carbons (Fsp3) is 0.350. The minimum atomic E-state index is -0.133. The van der Waals surface area contributed by atoms with E-state index in [-0.39, 0.29) is 12.5 Å². The summed E-state index contributed by atoms with van der Waals surface area (Å²) in [5.41, 5.74) is 2.51. The van der Waals surface area contributed by atoms with E-state index in [1.807, 2.05) is 43.3 Å². The number of benzene rings is 2. The molecule has 0 spiro atoms. The molecule has 2 aromatic carbocycles. The number of carbonyl (C=O) groups is 1. The first-order valence-electron chi connectivity index (χ1n) is 8.47. The smallest absolute Gasteiger partial charge is 0.243 e. The fourth-order valence-corrected chi connectivity index (χ4v) is 2.35. The molecular weight excluding hydrogens is 336 g/mol. The molecule has 0 aromatic heterocycles. The SMILES string of the molecule is Cc1ccc(NC(=O)CNc2cccc(OCCC(C)C)c2)cc1Cl. The molecule has 2 aromatic rings. The molecule has 0 radical (unpaired) electrons. The van der Waals surface area contributed by atoms with Crippen LogP contribution in [0.3, 0.4) is 0 Å². The molecule has 25 heavy (non-hydrogen) atoms. The Morgan fingerprint density at radius 2 is 1.96 bits per heavy atom. The van der Waals surface area contributed by atoms with E-state index in [4.69, 9.17) is 16.3 Å². The summed E-state index contributed by atoms with van der Waals surface area (Å²) in [7, 11) is 0. The Kier molecular flexibility index (Phi) is 7.14. The van der Waals surface area contributed by atoms with E-state index < -0.39 is 0 Å². The Morgan fingerprint density at radius 1 is 1.16 bits per heavy atom. The molecule has 0 saturated heterocycles. The van der Waals surface area contributed by atoms with Gasteiger partial charge in [-0.05, 0) is 49.1 Å². The molecule has 0 aliphatic heterocycles. The molecule has 5 heteroatoms. The zero-order valence-electron chi connectivity index (χ0n) is 14.9. The topological polar surface area (TPSA) is 50.4 Å². The lowest BCUT2D eigenvalue weighted by atomic mass is 10.1. The predicted molar refractivity (Wildman–Crippen MR) is 105 cm³/mol. The van der Waals surface area contributed by atoms with Gasteiger partial charge in [0.25, 0.3) is 0 Å². The van der Waals surface area contributed by atoms with E-state index in [0.29, 0.717) is 23.2 Å². The minimum Gasteiger partial charge on any atom is -0.494 e. The number of rotatable bonds is 8. The van der Waals surface area contributed by atoms with Gasteiger partial charge >= 0.3 is 0 Å². The van der Waals surface area contributed by atoms with E-state index in [9.17, 15) is 4.79 Å². The number of carbonyl (C=O) groups excluding carboxylic acids is 1. The molecule has 0 saturated carbocycles. The molecule has 0 unspecified atom stereocenters. The summed E-state index contributed by atoms with van der Waals surface area (Å²) in [4.78, 5) is 12.1. The van der Waals surface area contributed by atoms with Crippen LogP contribution >= 0.6 is 11.6 Å². The maximum absolute atomic E-state index is 12.1. The van der Waals surface area contributed by atoms with Crippen LogP contribution in [0.4, 0.5) is 11.4 Å². The van der Waals surface area contributed by atoms with Crippen molar-refractivity contribution in [1.29, 1.82) is 0 Å². The summed E-state index contributed by atoms with van der Waals surface area (Å²) in [6.07, 6.45) is 1.01. The average Bonchev–Trinajstić information content (AvgIpc) is 2.56. The van der Waals surface area contributed by atoms with Crippen LogP contribution in [0, 0.1) is 12.8 Å². The van der Waals surface area contributed by atoms with E-state index in [2.05, 4.69) is 24.5 Å². The third-order valence-electron chi connectivity index (χ3n) is 3.71. The number of ether oxygens (including phenoxy) is 1. The standard InChI is InChI=1S/C20H25ClN2O2/c1-14(2)9-10-25-18-6-4-5-16(11-18)22-13-20(24)23-17-8-7-15(3)19(21)12-17/h4-8,11-12,14,22H,9-10,13H2,1-3H3,(H,23,24). The van der Waals surface area contributed by atoms with Crippen LogP contribution in [0.15, 0.2) is 42.5 Å². The van der Waals surface area contributed by atoms with Crippen molar-refractivity contribution in [1.82, 2.24) is 0 Å². The number of hydrogen-bond acceptors (Lipinski definition) is 3. The van der Waals surface area contributed by atoms with Gasteiger partial charge in [0, 0.05) is 22.5 Å². The van der Waals surface area contributed by atoms with Gasteiger partial charge in [-0.1, -0.05) is 37.6 Å². The highest BCUT2D eigenvalue weighted by molar-refractivity contribution is 6.31. The van der Waals surface area contributed by atoms with Crippen molar-refractivity contribution in [2.24, 2.45) is 5.92 Å². The van der Waals surface area contributed by atoms with Crippen LogP contribution in [0.1, 0.15) is 25.8 Å². The minimum absolute atomic E-state index is 0.133. The first-order chi connectivity index (χ1) is 11.9. The van der Waals surface area contributed by atoms with Crippen molar-refractivity contribution in [3.05, 3.63) is 53.1 Å². The highest BCUT2D eigenvalue weighted by atomic mass is 35.5. The number of aryl methyl sites for hydroxylation is 1. The van der Waals surface area contributed by atoms with Gasteiger partial charge < -0.3 is 15.4 Å². The van der Waals surface area contributed by atoms with Gasteiger partial charge in [-0.15, -0.1) is 0 Å². The number of anilines is 2. The lowest BCUT2D eigenvalue weighted by molar-refractivity contribution is -0.114. The normalized spacial score (nSPS) is 10.6. The summed E-state index contributed by atoms with van der Waals surface area (Å²) in [5, 5.41) is 6.57. The third kappa shape index (κ3) is 6.67. The first-order valence-corrected chi connectivity index (χ1v) is 8.84. The van der Waals surface area contributed by atoms with Crippen molar-refractivity contribution in [2.45, 2.75) is 27.2 Å². The second-order valence-electron chi connectivity index (χ2n) is 6.42. The number of amides is 1. The molecule has 0 aliphatic carbocycles. The molecule has 0 fully saturated rings. The van der Waals surface area contributed by atoms with Crippen molar-refractivity contribution in [3.63, 3.8) is 0 Å². The van der Waals surface area contributed by atoms with Crippen molar-refractivity contribution in [3.8, 4) is 5.75 Å². The monoisotopic (exact) mass is 360 g/mol. The molecule has 134 valence electrons. The zero-order valence-corrected chi connectivity index (χ0v) is 15.7. The summed E-state index contributed by atoms with van der Waals surface area (Å²) in [6, 6.07) is 13.1. The highest BCUT2D eigenvalue weighted by Gasteiger charge is 2.05. The Bertz CT molecular complexity index is 717. The molecule has 2 rings (SSSR count). The van der Waals surface area contributed by atoms with Gasteiger partial charge in [-0.25, -0.2) is 0 Å². The van der Waals surface area contributed by atoms with Gasteiger partial charge in [0.1, 0.15) is 5.75 Å². The van der Waals surface area contributed by atoms with E-state index >= 15 is 0 Å². The van der Waals surface area contributed by atoms with Crippen molar-refractivity contribution >= 4 is 28.9 Å². The maximum atomic E-state index is 12.1. The number of hydrogen-bond donors (Lipinski definition) is 2. The Morgan fingerprint density at radius 3 is 2.68 bits per heavy atom. The molecule has 2 N–H and O–H groups in total. The molecule has 0 atom stereocenters. The molecule has 0 heterocycles. The van der Waals surface area contributed by atoms with E-state index in [1.165, 1.54) is 0 Å². The molecule has 0 bridgehead atoms. The zero-order chi connectivity index (χ0) is 18.2. The third-order valence-corrected chi connectivity index (χ3v) is 4.11. The first kappa shape index (κ1) is 19.1. The van der Waals surface area contributed by atoms with Gasteiger partial charge in [-0.2, -0.15) is 0 Å². The van der Waals surface area contributed by atoms with Gasteiger partial charge in [0.15, 0.2) is 0 Å². The maximum Gasteiger partial charge on any atom is 0.243 e. The van der Waals surface area contributed by atoms with Crippen LogP contribution in [0.25, 0.3) is 0 Å². The largest absolute Gasteiger partial charge is 0.494 e.